The monoisotopic (exact) mass is 429 g/mol. The van der Waals surface area contributed by atoms with Crippen molar-refractivity contribution in [2.75, 3.05) is 18.0 Å². The summed E-state index contributed by atoms with van der Waals surface area (Å²) in [5.41, 5.74) is 6.92. The molecule has 0 aromatic heterocycles. The summed E-state index contributed by atoms with van der Waals surface area (Å²) >= 11 is 3.49. The number of rotatable bonds is 3. The van der Waals surface area contributed by atoms with Gasteiger partial charge in [0.15, 0.2) is 0 Å². The molecular weight excluding hydrogens is 406 g/mol. The van der Waals surface area contributed by atoms with Crippen LogP contribution in [-0.4, -0.2) is 41.9 Å². The highest BCUT2D eigenvalue weighted by atomic mass is 79.9. The number of nitrogens with zero attached hydrogens (tertiary/aromatic N) is 2. The van der Waals surface area contributed by atoms with Gasteiger partial charge in [0.05, 0.1) is 11.6 Å². The van der Waals surface area contributed by atoms with Gasteiger partial charge in [-0.2, -0.15) is 0 Å². The Bertz CT molecular complexity index is 641. The summed E-state index contributed by atoms with van der Waals surface area (Å²) in [5.74, 6) is -0.182. The predicted molar refractivity (Wildman–Crippen MR) is 105 cm³/mol. The number of hydrogen-bond donors (Lipinski definition) is 1. The quantitative estimate of drug-likeness (QED) is 0.802. The van der Waals surface area contributed by atoms with Crippen molar-refractivity contribution in [3.63, 3.8) is 0 Å². The lowest BCUT2D eigenvalue weighted by Gasteiger charge is -2.39. The maximum atomic E-state index is 13.0. The fourth-order valence-corrected chi connectivity index (χ4v) is 4.29. The minimum atomic E-state index is -0.274. The van der Waals surface area contributed by atoms with Gasteiger partial charge < -0.3 is 15.5 Å². The summed E-state index contributed by atoms with van der Waals surface area (Å²) < 4.78 is 0.873. The summed E-state index contributed by atoms with van der Waals surface area (Å²) in [4.78, 5) is 29.1. The lowest BCUT2D eigenvalue weighted by molar-refractivity contribution is -0.139. The molecule has 2 amide bonds. The van der Waals surface area contributed by atoms with E-state index in [-0.39, 0.29) is 48.6 Å². The number of amides is 2. The summed E-state index contributed by atoms with van der Waals surface area (Å²) in [6, 6.07) is 7.69. The fraction of sp³-hybridized carbons (Fsp3) is 0.556. The topological polar surface area (TPSA) is 66.6 Å². The van der Waals surface area contributed by atoms with Gasteiger partial charge in [-0.25, -0.2) is 0 Å². The second-order valence-corrected chi connectivity index (χ2v) is 7.67. The van der Waals surface area contributed by atoms with Gasteiger partial charge in [-0.1, -0.05) is 12.1 Å². The Morgan fingerprint density at radius 2 is 2.04 bits per heavy atom. The maximum absolute atomic E-state index is 13.0. The number of piperidine rings is 1. The van der Waals surface area contributed by atoms with Crippen LogP contribution in [0.2, 0.25) is 0 Å². The molecule has 2 fully saturated rings. The lowest BCUT2D eigenvalue weighted by Crippen LogP contribution is -2.53. The zero-order chi connectivity index (χ0) is 17.3. The zero-order valence-corrected chi connectivity index (χ0v) is 16.8. The van der Waals surface area contributed by atoms with Gasteiger partial charge in [0.1, 0.15) is 0 Å². The van der Waals surface area contributed by atoms with Crippen LogP contribution in [0.4, 0.5) is 5.69 Å². The standard InChI is InChI=1S/C18H24BrN3O2.ClH/c1-12(20)15-7-4-5-9-21(15)18(24)13-10-17(23)22(11-13)16-8-3-2-6-14(16)19;/h2-3,6,8,12-13,15H,4-5,7,9-11,20H2,1H3;1H. The second-order valence-electron chi connectivity index (χ2n) is 6.81. The van der Waals surface area contributed by atoms with Crippen LogP contribution in [0, 0.1) is 5.92 Å². The van der Waals surface area contributed by atoms with Crippen molar-refractivity contribution in [2.45, 2.75) is 44.7 Å². The van der Waals surface area contributed by atoms with E-state index in [4.69, 9.17) is 5.73 Å². The van der Waals surface area contributed by atoms with Crippen LogP contribution in [0.3, 0.4) is 0 Å². The Kier molecular flexibility index (Phi) is 6.88. The number of carbonyl (C=O) groups is 2. The van der Waals surface area contributed by atoms with E-state index in [1.807, 2.05) is 36.1 Å². The first-order chi connectivity index (χ1) is 11.5. The number of halogens is 2. The van der Waals surface area contributed by atoms with E-state index in [1.165, 1.54) is 0 Å². The predicted octanol–water partition coefficient (Wildman–Crippen LogP) is 2.95. The summed E-state index contributed by atoms with van der Waals surface area (Å²) in [6.45, 7) is 3.16. The summed E-state index contributed by atoms with van der Waals surface area (Å²) in [5, 5.41) is 0. The van der Waals surface area contributed by atoms with E-state index in [0.717, 1.165) is 36.0 Å². The molecule has 1 aromatic rings. The van der Waals surface area contributed by atoms with E-state index in [1.54, 1.807) is 4.90 Å². The number of hydrogen-bond acceptors (Lipinski definition) is 3. The van der Waals surface area contributed by atoms with Gasteiger partial charge in [0.2, 0.25) is 11.8 Å². The molecule has 0 spiro atoms. The SMILES string of the molecule is CC(N)C1CCCCN1C(=O)C1CC(=O)N(c2ccccc2Br)C1.Cl. The van der Waals surface area contributed by atoms with Crippen LogP contribution in [-0.2, 0) is 9.59 Å². The number of para-hydroxylation sites is 1. The van der Waals surface area contributed by atoms with E-state index in [0.29, 0.717) is 6.54 Å². The average Bonchev–Trinajstić information content (AvgIpc) is 2.96. The Labute approximate surface area is 163 Å². The van der Waals surface area contributed by atoms with Gasteiger partial charge in [-0.3, -0.25) is 9.59 Å². The molecule has 2 heterocycles. The molecule has 7 heteroatoms. The van der Waals surface area contributed by atoms with Gasteiger partial charge in [0, 0.05) is 36.1 Å². The molecule has 0 bridgehead atoms. The van der Waals surface area contributed by atoms with Crippen LogP contribution < -0.4 is 10.6 Å². The number of likely N-dealkylation sites (tertiary alicyclic amines) is 1. The molecule has 0 saturated carbocycles. The minimum Gasteiger partial charge on any atom is -0.338 e. The molecule has 5 nitrogen and oxygen atoms in total. The Morgan fingerprint density at radius 1 is 1.32 bits per heavy atom. The minimum absolute atomic E-state index is 0. The molecule has 1 aromatic carbocycles. The van der Waals surface area contributed by atoms with Crippen molar-refractivity contribution >= 4 is 45.8 Å². The highest BCUT2D eigenvalue weighted by Gasteiger charge is 2.40. The number of nitrogens with two attached hydrogens (primary N) is 1. The van der Waals surface area contributed by atoms with Crippen molar-refractivity contribution in [1.82, 2.24) is 4.90 Å². The molecular formula is C18H25BrClN3O2. The highest BCUT2D eigenvalue weighted by Crippen LogP contribution is 2.33. The van der Waals surface area contributed by atoms with Crippen LogP contribution in [0.15, 0.2) is 28.7 Å². The molecule has 2 saturated heterocycles. The molecule has 3 unspecified atom stereocenters. The maximum Gasteiger partial charge on any atom is 0.228 e. The van der Waals surface area contributed by atoms with E-state index in [9.17, 15) is 9.59 Å². The van der Waals surface area contributed by atoms with Crippen LogP contribution >= 0.6 is 28.3 Å². The van der Waals surface area contributed by atoms with E-state index < -0.39 is 0 Å². The van der Waals surface area contributed by atoms with Crippen molar-refractivity contribution in [3.8, 4) is 0 Å². The molecule has 25 heavy (non-hydrogen) atoms. The average molecular weight is 431 g/mol. The highest BCUT2D eigenvalue weighted by molar-refractivity contribution is 9.10. The van der Waals surface area contributed by atoms with Gasteiger partial charge in [-0.15, -0.1) is 12.4 Å². The van der Waals surface area contributed by atoms with Crippen molar-refractivity contribution in [1.29, 1.82) is 0 Å². The summed E-state index contributed by atoms with van der Waals surface area (Å²) in [6.07, 6.45) is 3.37. The Hall–Kier alpha value is -1.11. The van der Waals surface area contributed by atoms with Crippen molar-refractivity contribution in [3.05, 3.63) is 28.7 Å². The Morgan fingerprint density at radius 3 is 2.72 bits per heavy atom. The second kappa shape index (κ2) is 8.52. The Balaban J connectivity index is 0.00000225. The van der Waals surface area contributed by atoms with Crippen LogP contribution in [0.25, 0.3) is 0 Å². The van der Waals surface area contributed by atoms with Gasteiger partial charge in [-0.05, 0) is 54.2 Å². The molecule has 2 N–H and O–H groups in total. The van der Waals surface area contributed by atoms with Crippen molar-refractivity contribution in [2.24, 2.45) is 11.7 Å². The third-order valence-electron chi connectivity index (χ3n) is 5.06. The van der Waals surface area contributed by atoms with Gasteiger partial charge in [0.25, 0.3) is 0 Å². The fourth-order valence-electron chi connectivity index (χ4n) is 3.79. The first-order valence-electron chi connectivity index (χ1n) is 8.60. The molecule has 3 rings (SSSR count). The van der Waals surface area contributed by atoms with E-state index >= 15 is 0 Å². The molecule has 138 valence electrons. The number of carbonyl (C=O) groups excluding carboxylic acids is 2. The molecule has 0 aliphatic carbocycles. The molecule has 2 aliphatic heterocycles. The van der Waals surface area contributed by atoms with E-state index in [2.05, 4.69) is 15.9 Å². The number of anilines is 1. The first-order valence-corrected chi connectivity index (χ1v) is 9.39. The van der Waals surface area contributed by atoms with Crippen molar-refractivity contribution < 1.29 is 9.59 Å². The third kappa shape index (κ3) is 4.18. The van der Waals surface area contributed by atoms with Crippen LogP contribution in [0.1, 0.15) is 32.6 Å². The first kappa shape index (κ1) is 20.2. The summed E-state index contributed by atoms with van der Waals surface area (Å²) in [7, 11) is 0. The largest absolute Gasteiger partial charge is 0.338 e. The molecule has 3 atom stereocenters. The normalized spacial score (nSPS) is 24.8. The third-order valence-corrected chi connectivity index (χ3v) is 5.73. The number of benzene rings is 1. The lowest BCUT2D eigenvalue weighted by atomic mass is 9.94. The van der Waals surface area contributed by atoms with Crippen LogP contribution in [0.5, 0.6) is 0 Å². The van der Waals surface area contributed by atoms with Gasteiger partial charge >= 0.3 is 0 Å². The molecule has 0 radical (unpaired) electrons. The molecule has 2 aliphatic rings. The smallest absolute Gasteiger partial charge is 0.228 e. The zero-order valence-electron chi connectivity index (χ0n) is 14.4.